The average molecular weight is 320 g/mol. The molecule has 0 aliphatic rings. The van der Waals surface area contributed by atoms with Crippen LogP contribution in [0.1, 0.15) is 23.1 Å². The van der Waals surface area contributed by atoms with Crippen LogP contribution >= 0.6 is 15.9 Å². The number of fused-ring (bicyclic) bond motifs is 1. The fourth-order valence-electron chi connectivity index (χ4n) is 2.28. The summed E-state index contributed by atoms with van der Waals surface area (Å²) in [5.74, 6) is 1.68. The first-order valence-corrected chi connectivity index (χ1v) is 6.90. The lowest BCUT2D eigenvalue weighted by molar-refractivity contribution is 0.405. The lowest BCUT2D eigenvalue weighted by Gasteiger charge is -2.10. The van der Waals surface area contributed by atoms with E-state index in [2.05, 4.69) is 33.4 Å². The Kier molecular flexibility index (Phi) is 3.21. The van der Waals surface area contributed by atoms with Crippen LogP contribution in [0.3, 0.4) is 0 Å². The predicted octanol–water partition coefficient (Wildman–Crippen LogP) is 4.41. The van der Waals surface area contributed by atoms with E-state index in [9.17, 15) is 0 Å². The highest BCUT2D eigenvalue weighted by atomic mass is 79.9. The highest BCUT2D eigenvalue weighted by Gasteiger charge is 2.20. The second-order valence-corrected chi connectivity index (χ2v) is 5.29. The highest BCUT2D eigenvalue weighted by molar-refractivity contribution is 9.10. The molecule has 0 radical (unpaired) electrons. The standard InChI is InChI=1S/C15H14BrNO2/c1-9-4-3-5-10-8-12(19-15(9)10)14(17-2)11-6-7-13(16)18-11/h3-8,14,17H,1-2H3. The molecule has 1 N–H and O–H groups in total. The van der Waals surface area contributed by atoms with Gasteiger partial charge in [-0.25, -0.2) is 0 Å². The van der Waals surface area contributed by atoms with Gasteiger partial charge in [0.25, 0.3) is 0 Å². The van der Waals surface area contributed by atoms with Crippen molar-refractivity contribution in [2.75, 3.05) is 7.05 Å². The molecule has 0 spiro atoms. The van der Waals surface area contributed by atoms with Crippen molar-refractivity contribution in [2.24, 2.45) is 0 Å². The Balaban J connectivity index is 2.09. The van der Waals surface area contributed by atoms with Crippen LogP contribution in [0.15, 0.2) is 49.9 Å². The Hall–Kier alpha value is -1.52. The molecule has 2 heterocycles. The average Bonchev–Trinajstić information content (AvgIpc) is 2.98. The van der Waals surface area contributed by atoms with E-state index in [1.165, 1.54) is 0 Å². The number of hydrogen-bond donors (Lipinski definition) is 1. The van der Waals surface area contributed by atoms with Gasteiger partial charge in [-0.3, -0.25) is 0 Å². The maximum atomic E-state index is 5.98. The number of nitrogens with one attached hydrogen (secondary N) is 1. The van der Waals surface area contributed by atoms with Crippen molar-refractivity contribution < 1.29 is 8.83 Å². The van der Waals surface area contributed by atoms with Gasteiger partial charge in [0.15, 0.2) is 4.67 Å². The quantitative estimate of drug-likeness (QED) is 0.777. The first kappa shape index (κ1) is 12.5. The van der Waals surface area contributed by atoms with Crippen molar-refractivity contribution in [3.63, 3.8) is 0 Å². The van der Waals surface area contributed by atoms with Gasteiger partial charge in [0, 0.05) is 5.39 Å². The van der Waals surface area contributed by atoms with E-state index in [0.717, 1.165) is 32.7 Å². The molecule has 19 heavy (non-hydrogen) atoms. The smallest absolute Gasteiger partial charge is 0.169 e. The molecule has 3 rings (SSSR count). The molecule has 3 nitrogen and oxygen atoms in total. The third-order valence-corrected chi connectivity index (χ3v) is 3.64. The summed E-state index contributed by atoms with van der Waals surface area (Å²) in [6.07, 6.45) is 0. The molecule has 98 valence electrons. The predicted molar refractivity (Wildman–Crippen MR) is 78.3 cm³/mol. The number of aryl methyl sites for hydroxylation is 1. The first-order valence-electron chi connectivity index (χ1n) is 6.10. The molecule has 3 aromatic rings. The lowest BCUT2D eigenvalue weighted by Crippen LogP contribution is -2.16. The fraction of sp³-hybridized carbons (Fsp3) is 0.200. The maximum Gasteiger partial charge on any atom is 0.169 e. The van der Waals surface area contributed by atoms with Crippen LogP contribution in [0, 0.1) is 6.92 Å². The Labute approximate surface area is 119 Å². The van der Waals surface area contributed by atoms with E-state index < -0.39 is 0 Å². The van der Waals surface area contributed by atoms with Crippen molar-refractivity contribution in [1.29, 1.82) is 0 Å². The zero-order valence-corrected chi connectivity index (χ0v) is 12.3. The minimum absolute atomic E-state index is 0.0851. The largest absolute Gasteiger partial charge is 0.459 e. The molecule has 0 aliphatic heterocycles. The molecule has 1 atom stereocenters. The van der Waals surface area contributed by atoms with Crippen LogP contribution in [-0.4, -0.2) is 7.05 Å². The molecule has 1 unspecified atom stereocenters. The van der Waals surface area contributed by atoms with E-state index in [1.807, 2.05) is 38.2 Å². The SMILES string of the molecule is CNC(c1ccc(Br)o1)c1cc2cccc(C)c2o1. The summed E-state index contributed by atoms with van der Waals surface area (Å²) in [5, 5.41) is 4.33. The van der Waals surface area contributed by atoms with E-state index in [4.69, 9.17) is 8.83 Å². The molecule has 2 aromatic heterocycles. The second kappa shape index (κ2) is 4.87. The monoisotopic (exact) mass is 319 g/mol. The molecule has 4 heteroatoms. The summed E-state index contributed by atoms with van der Waals surface area (Å²) >= 11 is 3.32. The number of halogens is 1. The van der Waals surface area contributed by atoms with Gasteiger partial charge >= 0.3 is 0 Å². The topological polar surface area (TPSA) is 38.3 Å². The van der Waals surface area contributed by atoms with Gasteiger partial charge in [-0.15, -0.1) is 0 Å². The van der Waals surface area contributed by atoms with Crippen LogP contribution in [0.4, 0.5) is 0 Å². The minimum atomic E-state index is -0.0851. The fourth-order valence-corrected chi connectivity index (χ4v) is 2.60. The van der Waals surface area contributed by atoms with Gasteiger partial charge in [-0.2, -0.15) is 0 Å². The van der Waals surface area contributed by atoms with E-state index in [0.29, 0.717) is 0 Å². The lowest BCUT2D eigenvalue weighted by atomic mass is 10.1. The number of hydrogen-bond acceptors (Lipinski definition) is 3. The Morgan fingerprint density at radius 3 is 2.58 bits per heavy atom. The third kappa shape index (κ3) is 2.22. The van der Waals surface area contributed by atoms with Crippen LogP contribution in [0.2, 0.25) is 0 Å². The zero-order valence-electron chi connectivity index (χ0n) is 10.7. The summed E-state index contributed by atoms with van der Waals surface area (Å²) in [4.78, 5) is 0. The molecular formula is C15H14BrNO2. The molecule has 1 aromatic carbocycles. The summed E-state index contributed by atoms with van der Waals surface area (Å²) in [7, 11) is 1.89. The zero-order chi connectivity index (χ0) is 13.4. The van der Waals surface area contributed by atoms with Crippen LogP contribution < -0.4 is 5.32 Å². The normalized spacial score (nSPS) is 13.0. The Bertz CT molecular complexity index is 714. The van der Waals surface area contributed by atoms with Crippen molar-refractivity contribution >= 4 is 26.9 Å². The summed E-state index contributed by atoms with van der Waals surface area (Å²) < 4.78 is 12.3. The van der Waals surface area contributed by atoms with Crippen molar-refractivity contribution in [2.45, 2.75) is 13.0 Å². The number of para-hydroxylation sites is 1. The number of rotatable bonds is 3. The molecule has 0 fully saturated rings. The minimum Gasteiger partial charge on any atom is -0.459 e. The van der Waals surface area contributed by atoms with Crippen LogP contribution in [0.25, 0.3) is 11.0 Å². The van der Waals surface area contributed by atoms with Gasteiger partial charge in [0.1, 0.15) is 23.1 Å². The number of furan rings is 2. The molecule has 0 amide bonds. The van der Waals surface area contributed by atoms with Gasteiger partial charge in [0.2, 0.25) is 0 Å². The maximum absolute atomic E-state index is 5.98. The van der Waals surface area contributed by atoms with E-state index in [1.54, 1.807) is 0 Å². The van der Waals surface area contributed by atoms with Gasteiger partial charge < -0.3 is 14.2 Å². The Morgan fingerprint density at radius 1 is 1.11 bits per heavy atom. The molecular weight excluding hydrogens is 306 g/mol. The van der Waals surface area contributed by atoms with E-state index >= 15 is 0 Å². The molecule has 0 bridgehead atoms. The third-order valence-electron chi connectivity index (χ3n) is 3.21. The van der Waals surface area contributed by atoms with E-state index in [-0.39, 0.29) is 6.04 Å². The number of benzene rings is 1. The van der Waals surface area contributed by atoms with Gasteiger partial charge in [-0.05, 0) is 53.7 Å². The summed E-state index contributed by atoms with van der Waals surface area (Å²) in [6.45, 7) is 2.05. The second-order valence-electron chi connectivity index (χ2n) is 4.51. The first-order chi connectivity index (χ1) is 9.19. The molecule has 0 saturated heterocycles. The summed E-state index contributed by atoms with van der Waals surface area (Å²) in [6, 6.07) is 11.9. The Morgan fingerprint density at radius 2 is 1.95 bits per heavy atom. The molecule has 0 saturated carbocycles. The van der Waals surface area contributed by atoms with Crippen LogP contribution in [0.5, 0.6) is 0 Å². The van der Waals surface area contributed by atoms with Gasteiger partial charge in [0.05, 0.1) is 0 Å². The molecule has 0 aliphatic carbocycles. The van der Waals surface area contributed by atoms with Gasteiger partial charge in [-0.1, -0.05) is 18.2 Å². The summed E-state index contributed by atoms with van der Waals surface area (Å²) in [5.41, 5.74) is 2.07. The van der Waals surface area contributed by atoms with Crippen molar-refractivity contribution in [3.8, 4) is 0 Å². The van der Waals surface area contributed by atoms with Crippen molar-refractivity contribution in [3.05, 3.63) is 58.2 Å². The van der Waals surface area contributed by atoms with Crippen molar-refractivity contribution in [1.82, 2.24) is 5.32 Å². The van der Waals surface area contributed by atoms with Crippen LogP contribution in [-0.2, 0) is 0 Å². The highest BCUT2D eigenvalue weighted by Crippen LogP contribution is 2.31.